The first kappa shape index (κ1) is 14.3. The summed E-state index contributed by atoms with van der Waals surface area (Å²) in [6, 6.07) is 4.92. The van der Waals surface area contributed by atoms with Gasteiger partial charge in [-0.15, -0.1) is 11.3 Å². The maximum absolute atomic E-state index is 4.47. The zero-order chi connectivity index (χ0) is 13.8. The van der Waals surface area contributed by atoms with Gasteiger partial charge in [0.1, 0.15) is 0 Å². The van der Waals surface area contributed by atoms with Gasteiger partial charge >= 0.3 is 0 Å². The first-order valence-electron chi connectivity index (χ1n) is 6.88. The highest BCUT2D eigenvalue weighted by molar-refractivity contribution is 7.11. The van der Waals surface area contributed by atoms with E-state index in [1.54, 1.807) is 0 Å². The molecule has 0 spiro atoms. The molecule has 1 atom stereocenters. The van der Waals surface area contributed by atoms with E-state index in [0.29, 0.717) is 6.04 Å². The predicted octanol–water partition coefficient (Wildman–Crippen LogP) is 3.07. The second-order valence-electron chi connectivity index (χ2n) is 5.13. The molecule has 0 saturated heterocycles. The first-order chi connectivity index (χ1) is 9.08. The molecule has 2 heterocycles. The monoisotopic (exact) mass is 277 g/mol. The third-order valence-corrected chi connectivity index (χ3v) is 4.29. The Labute approximate surface area is 119 Å². The molecule has 0 saturated carbocycles. The van der Waals surface area contributed by atoms with Crippen LogP contribution in [0.3, 0.4) is 0 Å². The summed E-state index contributed by atoms with van der Waals surface area (Å²) in [4.78, 5) is 2.85. The molecular formula is C15H23N3S. The zero-order valence-electron chi connectivity index (χ0n) is 12.2. The fourth-order valence-electron chi connectivity index (χ4n) is 2.28. The van der Waals surface area contributed by atoms with Crippen molar-refractivity contribution in [2.24, 2.45) is 7.05 Å². The summed E-state index contributed by atoms with van der Waals surface area (Å²) in [5, 5.41) is 8.07. The van der Waals surface area contributed by atoms with Gasteiger partial charge in [0.2, 0.25) is 0 Å². The molecule has 0 aliphatic carbocycles. The second kappa shape index (κ2) is 6.35. The van der Waals surface area contributed by atoms with Crippen LogP contribution < -0.4 is 5.32 Å². The van der Waals surface area contributed by atoms with Crippen LogP contribution in [-0.2, 0) is 26.4 Å². The number of hydrogen-bond acceptors (Lipinski definition) is 3. The number of nitrogens with zero attached hydrogens (tertiary/aromatic N) is 2. The summed E-state index contributed by atoms with van der Waals surface area (Å²) in [7, 11) is 1.99. The maximum atomic E-state index is 4.47. The van der Waals surface area contributed by atoms with Crippen LogP contribution >= 0.6 is 11.3 Å². The molecule has 2 rings (SSSR count). The molecule has 2 aromatic heterocycles. The highest BCUT2D eigenvalue weighted by Crippen LogP contribution is 2.17. The first-order valence-corrected chi connectivity index (χ1v) is 7.70. The highest BCUT2D eigenvalue weighted by Gasteiger charge is 2.09. The lowest BCUT2D eigenvalue weighted by Crippen LogP contribution is -2.27. The SMILES string of the molecule is CCc1nn(C)cc1CNC(C)Cc1ccc(C)s1. The zero-order valence-corrected chi connectivity index (χ0v) is 13.0. The molecule has 1 N–H and O–H groups in total. The van der Waals surface area contributed by atoms with Crippen LogP contribution in [0.2, 0.25) is 0 Å². The van der Waals surface area contributed by atoms with E-state index in [1.807, 2.05) is 23.1 Å². The summed E-state index contributed by atoms with van der Waals surface area (Å²) in [5.41, 5.74) is 2.52. The number of nitrogens with one attached hydrogen (secondary N) is 1. The van der Waals surface area contributed by atoms with Crippen molar-refractivity contribution in [1.82, 2.24) is 15.1 Å². The summed E-state index contributed by atoms with van der Waals surface area (Å²) >= 11 is 1.89. The van der Waals surface area contributed by atoms with Gasteiger partial charge in [0.05, 0.1) is 5.69 Å². The molecule has 3 nitrogen and oxygen atoms in total. The number of hydrogen-bond donors (Lipinski definition) is 1. The van der Waals surface area contributed by atoms with Gasteiger partial charge < -0.3 is 5.32 Å². The standard InChI is InChI=1S/C15H23N3S/c1-5-15-13(10-18(4)17-15)9-16-11(2)8-14-7-6-12(3)19-14/h6-7,10-11,16H,5,8-9H2,1-4H3. The Bertz CT molecular complexity index is 527. The topological polar surface area (TPSA) is 29.9 Å². The molecule has 0 amide bonds. The predicted molar refractivity (Wildman–Crippen MR) is 81.6 cm³/mol. The Morgan fingerprint density at radius 3 is 2.84 bits per heavy atom. The van der Waals surface area contributed by atoms with E-state index in [2.05, 4.69) is 49.5 Å². The average Bonchev–Trinajstić information content (AvgIpc) is 2.92. The normalized spacial score (nSPS) is 12.8. The van der Waals surface area contributed by atoms with Crippen LogP contribution in [0.1, 0.15) is 34.9 Å². The Balaban J connectivity index is 1.87. The number of rotatable bonds is 6. The van der Waals surface area contributed by atoms with Crippen molar-refractivity contribution in [3.8, 4) is 0 Å². The van der Waals surface area contributed by atoms with Crippen molar-refractivity contribution in [2.45, 2.75) is 46.2 Å². The van der Waals surface area contributed by atoms with E-state index in [9.17, 15) is 0 Å². The van der Waals surface area contributed by atoms with E-state index >= 15 is 0 Å². The molecule has 0 aromatic carbocycles. The van der Waals surface area contributed by atoms with Crippen LogP contribution in [0.5, 0.6) is 0 Å². The van der Waals surface area contributed by atoms with Gasteiger partial charge in [-0.25, -0.2) is 0 Å². The second-order valence-corrected chi connectivity index (χ2v) is 6.50. The van der Waals surface area contributed by atoms with Gasteiger partial charge in [-0.3, -0.25) is 4.68 Å². The molecular weight excluding hydrogens is 254 g/mol. The van der Waals surface area contributed by atoms with Crippen molar-refractivity contribution < 1.29 is 0 Å². The minimum atomic E-state index is 0.489. The highest BCUT2D eigenvalue weighted by atomic mass is 32.1. The molecule has 0 aliphatic rings. The molecule has 0 aliphatic heterocycles. The number of aromatic nitrogens is 2. The Kier molecular flexibility index (Phi) is 4.77. The van der Waals surface area contributed by atoms with Crippen molar-refractivity contribution in [3.63, 3.8) is 0 Å². The van der Waals surface area contributed by atoms with E-state index in [1.165, 1.54) is 21.0 Å². The lowest BCUT2D eigenvalue weighted by atomic mass is 10.1. The maximum Gasteiger partial charge on any atom is 0.0666 e. The Morgan fingerprint density at radius 2 is 2.21 bits per heavy atom. The fourth-order valence-corrected chi connectivity index (χ4v) is 3.30. The van der Waals surface area contributed by atoms with Gasteiger partial charge in [-0.2, -0.15) is 5.10 Å². The summed E-state index contributed by atoms with van der Waals surface area (Å²) in [6.07, 6.45) is 4.21. The molecule has 0 fully saturated rings. The van der Waals surface area contributed by atoms with Crippen LogP contribution in [0, 0.1) is 6.92 Å². The van der Waals surface area contributed by atoms with Crippen molar-refractivity contribution in [3.05, 3.63) is 39.3 Å². The summed E-state index contributed by atoms with van der Waals surface area (Å²) < 4.78 is 1.91. The van der Waals surface area contributed by atoms with E-state index in [-0.39, 0.29) is 0 Å². The van der Waals surface area contributed by atoms with Gasteiger partial charge in [0, 0.05) is 41.1 Å². The van der Waals surface area contributed by atoms with E-state index in [4.69, 9.17) is 0 Å². The van der Waals surface area contributed by atoms with Crippen molar-refractivity contribution in [1.29, 1.82) is 0 Å². The third-order valence-electron chi connectivity index (χ3n) is 3.27. The van der Waals surface area contributed by atoms with Gasteiger partial charge in [0.15, 0.2) is 0 Å². The molecule has 0 radical (unpaired) electrons. The average molecular weight is 277 g/mol. The summed E-state index contributed by atoms with van der Waals surface area (Å²) in [5.74, 6) is 0. The molecule has 19 heavy (non-hydrogen) atoms. The lowest BCUT2D eigenvalue weighted by molar-refractivity contribution is 0.547. The van der Waals surface area contributed by atoms with Crippen LogP contribution in [0.4, 0.5) is 0 Å². The van der Waals surface area contributed by atoms with Crippen molar-refractivity contribution in [2.75, 3.05) is 0 Å². The van der Waals surface area contributed by atoms with Crippen LogP contribution in [0.15, 0.2) is 18.3 Å². The Morgan fingerprint density at radius 1 is 1.42 bits per heavy atom. The molecule has 4 heteroatoms. The quantitative estimate of drug-likeness (QED) is 0.879. The van der Waals surface area contributed by atoms with E-state index < -0.39 is 0 Å². The van der Waals surface area contributed by atoms with Gasteiger partial charge in [0.25, 0.3) is 0 Å². The van der Waals surface area contributed by atoms with E-state index in [0.717, 1.165) is 19.4 Å². The van der Waals surface area contributed by atoms with Crippen molar-refractivity contribution >= 4 is 11.3 Å². The summed E-state index contributed by atoms with van der Waals surface area (Å²) in [6.45, 7) is 7.47. The number of thiophene rings is 1. The Hall–Kier alpha value is -1.13. The molecule has 104 valence electrons. The molecule has 1 unspecified atom stereocenters. The van der Waals surface area contributed by atoms with Gasteiger partial charge in [-0.05, 0) is 38.8 Å². The minimum Gasteiger partial charge on any atom is -0.310 e. The molecule has 0 bridgehead atoms. The van der Waals surface area contributed by atoms with Gasteiger partial charge in [-0.1, -0.05) is 6.92 Å². The fraction of sp³-hybridized carbons (Fsp3) is 0.533. The van der Waals surface area contributed by atoms with Crippen LogP contribution in [-0.4, -0.2) is 15.8 Å². The largest absolute Gasteiger partial charge is 0.310 e. The minimum absolute atomic E-state index is 0.489. The number of aryl methyl sites for hydroxylation is 3. The lowest BCUT2D eigenvalue weighted by Gasteiger charge is -2.12. The molecule has 2 aromatic rings. The smallest absolute Gasteiger partial charge is 0.0666 e. The van der Waals surface area contributed by atoms with Crippen LogP contribution in [0.25, 0.3) is 0 Å². The third kappa shape index (κ3) is 3.91.